The van der Waals surface area contributed by atoms with E-state index in [1.165, 1.54) is 0 Å². The Morgan fingerprint density at radius 2 is 1.84 bits per heavy atom. The van der Waals surface area contributed by atoms with E-state index in [-0.39, 0.29) is 5.75 Å². The maximum absolute atomic E-state index is 9.26. The Kier molecular flexibility index (Phi) is 2.93. The lowest BCUT2D eigenvalue weighted by atomic mass is 10.2. The number of anilines is 2. The van der Waals surface area contributed by atoms with Crippen LogP contribution in [0.4, 0.5) is 11.4 Å². The van der Waals surface area contributed by atoms with Gasteiger partial charge in [-0.05, 0) is 36.4 Å². The van der Waals surface area contributed by atoms with Crippen LogP contribution in [0.3, 0.4) is 0 Å². The van der Waals surface area contributed by atoms with Gasteiger partial charge in [-0.2, -0.15) is 0 Å². The number of nitrogens with one attached hydrogen (secondary N) is 1. The van der Waals surface area contributed by atoms with Crippen LogP contribution in [0.5, 0.6) is 5.75 Å². The molecule has 2 heterocycles. The molecule has 0 atom stereocenters. The molecular weight excluding hydrogens is 262 g/mol. The minimum absolute atomic E-state index is 0.232. The molecule has 0 aliphatic carbocycles. The molecule has 94 valence electrons. The number of rotatable bonds is 2. The fourth-order valence-corrected chi connectivity index (χ4v) is 1.96. The van der Waals surface area contributed by atoms with Crippen LogP contribution in [0.1, 0.15) is 0 Å². The van der Waals surface area contributed by atoms with Gasteiger partial charge < -0.3 is 10.4 Å². The van der Waals surface area contributed by atoms with E-state index in [1.807, 2.05) is 6.07 Å². The molecule has 0 radical (unpaired) electrons. The summed E-state index contributed by atoms with van der Waals surface area (Å²) in [6.45, 7) is 0. The van der Waals surface area contributed by atoms with Gasteiger partial charge in [-0.1, -0.05) is 11.6 Å². The monoisotopic (exact) mass is 271 g/mol. The highest BCUT2D eigenvalue weighted by atomic mass is 35.5. The van der Waals surface area contributed by atoms with Gasteiger partial charge in [0.25, 0.3) is 0 Å². The molecule has 3 rings (SSSR count). The van der Waals surface area contributed by atoms with E-state index in [4.69, 9.17) is 11.6 Å². The molecule has 3 aromatic rings. The van der Waals surface area contributed by atoms with Crippen molar-refractivity contribution in [2.45, 2.75) is 0 Å². The molecule has 0 amide bonds. The minimum atomic E-state index is 0.232. The molecule has 4 nitrogen and oxygen atoms in total. The van der Waals surface area contributed by atoms with Gasteiger partial charge in [-0.15, -0.1) is 0 Å². The summed E-state index contributed by atoms with van der Waals surface area (Å²) in [5, 5.41) is 13.1. The number of pyridine rings is 2. The van der Waals surface area contributed by atoms with E-state index < -0.39 is 0 Å². The molecule has 1 aromatic carbocycles. The van der Waals surface area contributed by atoms with Crippen molar-refractivity contribution in [1.29, 1.82) is 0 Å². The van der Waals surface area contributed by atoms with Gasteiger partial charge in [-0.3, -0.25) is 9.97 Å². The molecular formula is C14H10ClN3O. The standard InChI is InChI=1S/C14H10ClN3O/c15-9-7-13-14(17-8-9)12(5-6-16-13)18-10-1-3-11(19)4-2-10/h1-8,19H,(H,16,18). The van der Waals surface area contributed by atoms with Gasteiger partial charge in [0, 0.05) is 18.1 Å². The Bertz CT molecular complexity index is 728. The molecule has 0 saturated heterocycles. The second-order valence-corrected chi connectivity index (χ2v) is 4.49. The van der Waals surface area contributed by atoms with Crippen molar-refractivity contribution >= 4 is 34.0 Å². The fraction of sp³-hybridized carbons (Fsp3) is 0. The molecule has 0 spiro atoms. The van der Waals surface area contributed by atoms with E-state index in [0.717, 1.165) is 22.4 Å². The largest absolute Gasteiger partial charge is 0.508 e. The van der Waals surface area contributed by atoms with Crippen molar-refractivity contribution in [3.05, 3.63) is 53.8 Å². The molecule has 19 heavy (non-hydrogen) atoms. The Hall–Kier alpha value is -2.33. The van der Waals surface area contributed by atoms with Gasteiger partial charge >= 0.3 is 0 Å². The van der Waals surface area contributed by atoms with Gasteiger partial charge in [0.1, 0.15) is 11.3 Å². The van der Waals surface area contributed by atoms with Crippen LogP contribution in [-0.2, 0) is 0 Å². The lowest BCUT2D eigenvalue weighted by Crippen LogP contribution is -1.94. The van der Waals surface area contributed by atoms with Crippen LogP contribution in [0.25, 0.3) is 11.0 Å². The Morgan fingerprint density at radius 3 is 2.63 bits per heavy atom. The molecule has 0 saturated carbocycles. The summed E-state index contributed by atoms with van der Waals surface area (Å²) in [6.07, 6.45) is 3.29. The second-order valence-electron chi connectivity index (χ2n) is 4.05. The number of aromatic nitrogens is 2. The van der Waals surface area contributed by atoms with Crippen molar-refractivity contribution in [3.8, 4) is 5.75 Å². The van der Waals surface area contributed by atoms with Crippen LogP contribution in [0, 0.1) is 0 Å². The van der Waals surface area contributed by atoms with E-state index in [2.05, 4.69) is 15.3 Å². The number of halogens is 1. The number of hydrogen-bond donors (Lipinski definition) is 2. The van der Waals surface area contributed by atoms with Crippen LogP contribution in [-0.4, -0.2) is 15.1 Å². The molecule has 0 aliphatic rings. The van der Waals surface area contributed by atoms with Crippen molar-refractivity contribution in [2.75, 3.05) is 5.32 Å². The number of fused-ring (bicyclic) bond motifs is 1. The zero-order valence-electron chi connectivity index (χ0n) is 9.84. The molecule has 2 aromatic heterocycles. The first-order valence-electron chi connectivity index (χ1n) is 5.69. The number of hydrogen-bond acceptors (Lipinski definition) is 4. The fourth-order valence-electron chi connectivity index (χ4n) is 1.81. The summed E-state index contributed by atoms with van der Waals surface area (Å²) >= 11 is 5.90. The van der Waals surface area contributed by atoms with Crippen molar-refractivity contribution in [3.63, 3.8) is 0 Å². The molecule has 0 bridgehead atoms. The predicted octanol–water partition coefficient (Wildman–Crippen LogP) is 3.73. The van der Waals surface area contributed by atoms with E-state index in [9.17, 15) is 5.11 Å². The number of benzene rings is 1. The highest BCUT2D eigenvalue weighted by molar-refractivity contribution is 6.31. The molecule has 2 N–H and O–H groups in total. The molecule has 5 heteroatoms. The van der Waals surface area contributed by atoms with E-state index >= 15 is 0 Å². The van der Waals surface area contributed by atoms with Gasteiger partial charge in [0.05, 0.1) is 16.2 Å². The van der Waals surface area contributed by atoms with Crippen LogP contribution < -0.4 is 5.32 Å². The summed E-state index contributed by atoms with van der Waals surface area (Å²) in [6, 6.07) is 10.4. The first-order valence-corrected chi connectivity index (χ1v) is 6.06. The van der Waals surface area contributed by atoms with E-state index in [0.29, 0.717) is 5.02 Å². The smallest absolute Gasteiger partial charge is 0.115 e. The van der Waals surface area contributed by atoms with E-state index in [1.54, 1.807) is 42.7 Å². The summed E-state index contributed by atoms with van der Waals surface area (Å²) in [4.78, 5) is 8.52. The van der Waals surface area contributed by atoms with Crippen molar-refractivity contribution in [2.24, 2.45) is 0 Å². The van der Waals surface area contributed by atoms with Crippen LogP contribution in [0.2, 0.25) is 5.02 Å². The van der Waals surface area contributed by atoms with Crippen LogP contribution >= 0.6 is 11.6 Å². The number of phenols is 1. The Labute approximate surface area is 114 Å². The Morgan fingerprint density at radius 1 is 1.05 bits per heavy atom. The first kappa shape index (κ1) is 11.7. The SMILES string of the molecule is Oc1ccc(Nc2ccnc3cc(Cl)cnc23)cc1. The highest BCUT2D eigenvalue weighted by Crippen LogP contribution is 2.25. The van der Waals surface area contributed by atoms with Crippen LogP contribution in [0.15, 0.2) is 48.8 Å². The summed E-state index contributed by atoms with van der Waals surface area (Å²) in [7, 11) is 0. The zero-order chi connectivity index (χ0) is 13.2. The average Bonchev–Trinajstić information content (AvgIpc) is 2.41. The molecule has 0 fully saturated rings. The summed E-state index contributed by atoms with van der Waals surface area (Å²) in [5.74, 6) is 0.232. The summed E-state index contributed by atoms with van der Waals surface area (Å²) in [5.41, 5.74) is 3.19. The number of phenolic OH excluding ortho intramolecular Hbond substituents is 1. The topological polar surface area (TPSA) is 58.0 Å². The normalized spacial score (nSPS) is 10.6. The van der Waals surface area contributed by atoms with Gasteiger partial charge in [0.15, 0.2) is 0 Å². The quantitative estimate of drug-likeness (QED) is 0.697. The third-order valence-electron chi connectivity index (χ3n) is 2.69. The zero-order valence-corrected chi connectivity index (χ0v) is 10.6. The highest BCUT2D eigenvalue weighted by Gasteiger charge is 2.04. The molecule has 0 unspecified atom stereocenters. The lowest BCUT2D eigenvalue weighted by Gasteiger charge is -2.08. The number of aromatic hydroxyl groups is 1. The third-order valence-corrected chi connectivity index (χ3v) is 2.90. The maximum Gasteiger partial charge on any atom is 0.115 e. The van der Waals surface area contributed by atoms with Crippen molar-refractivity contribution < 1.29 is 5.11 Å². The minimum Gasteiger partial charge on any atom is -0.508 e. The van der Waals surface area contributed by atoms with Gasteiger partial charge in [-0.25, -0.2) is 0 Å². The second kappa shape index (κ2) is 4.74. The molecule has 0 aliphatic heterocycles. The van der Waals surface area contributed by atoms with Crippen molar-refractivity contribution in [1.82, 2.24) is 9.97 Å². The number of nitrogens with zero attached hydrogens (tertiary/aromatic N) is 2. The maximum atomic E-state index is 9.26. The Balaban J connectivity index is 2.03. The summed E-state index contributed by atoms with van der Waals surface area (Å²) < 4.78 is 0. The average molecular weight is 272 g/mol. The lowest BCUT2D eigenvalue weighted by molar-refractivity contribution is 0.475. The van der Waals surface area contributed by atoms with Gasteiger partial charge in [0.2, 0.25) is 0 Å². The predicted molar refractivity (Wildman–Crippen MR) is 75.9 cm³/mol. The third kappa shape index (κ3) is 2.44. The first-order chi connectivity index (χ1) is 9.22.